The second-order valence-corrected chi connectivity index (χ2v) is 10.1. The monoisotopic (exact) mass is 527 g/mol. The highest BCUT2D eigenvalue weighted by molar-refractivity contribution is 5.95. The second-order valence-electron chi connectivity index (χ2n) is 10.1. The molecule has 0 saturated carbocycles. The van der Waals surface area contributed by atoms with Crippen LogP contribution in [0.4, 0.5) is 15.8 Å². The number of hydrogen-bond acceptors (Lipinski definition) is 7. The van der Waals surface area contributed by atoms with E-state index in [4.69, 9.17) is 4.98 Å². The van der Waals surface area contributed by atoms with Gasteiger partial charge in [0.05, 0.1) is 46.0 Å². The van der Waals surface area contributed by atoms with Crippen molar-refractivity contribution in [3.63, 3.8) is 0 Å². The molecule has 0 spiro atoms. The predicted molar refractivity (Wildman–Crippen MR) is 156 cm³/mol. The number of aromatic nitrogens is 6. The Morgan fingerprint density at radius 1 is 1.10 bits per heavy atom. The van der Waals surface area contributed by atoms with Gasteiger partial charge in [0, 0.05) is 49.2 Å². The van der Waals surface area contributed by atoms with E-state index < -0.39 is 5.83 Å². The number of imidazole rings is 1. The SMILES string of the molecule is C=C(/C(F)=c1/c(-c2nc3c(N4CCN(C)CC4)cncc3[nH]2)n[nH]/c1=C/C)c1cncc(NC(=C)C(C)C)c1. The molecule has 4 aromatic heterocycles. The minimum Gasteiger partial charge on any atom is -0.366 e. The molecule has 10 heteroatoms. The third-order valence-electron chi connectivity index (χ3n) is 7.10. The van der Waals surface area contributed by atoms with Gasteiger partial charge in [-0.3, -0.25) is 15.1 Å². The van der Waals surface area contributed by atoms with Gasteiger partial charge in [-0.1, -0.05) is 33.1 Å². The molecule has 1 saturated heterocycles. The molecule has 0 radical (unpaired) electrons. The Kier molecular flexibility index (Phi) is 7.30. The van der Waals surface area contributed by atoms with Crippen LogP contribution in [0.3, 0.4) is 0 Å². The van der Waals surface area contributed by atoms with E-state index in [9.17, 15) is 0 Å². The summed E-state index contributed by atoms with van der Waals surface area (Å²) < 4.78 is 16.2. The van der Waals surface area contributed by atoms with Gasteiger partial charge in [-0.05, 0) is 26.0 Å². The van der Waals surface area contributed by atoms with Gasteiger partial charge in [-0.25, -0.2) is 9.37 Å². The Hall–Kier alpha value is -4.31. The first-order chi connectivity index (χ1) is 18.8. The highest BCUT2D eigenvalue weighted by Crippen LogP contribution is 2.28. The number of rotatable bonds is 7. The molecule has 1 aliphatic rings. The van der Waals surface area contributed by atoms with Gasteiger partial charge in [0.25, 0.3) is 0 Å². The fourth-order valence-corrected chi connectivity index (χ4v) is 4.55. The Labute approximate surface area is 226 Å². The van der Waals surface area contributed by atoms with Crippen LogP contribution in [0.2, 0.25) is 0 Å². The van der Waals surface area contributed by atoms with E-state index in [-0.39, 0.29) is 11.5 Å². The van der Waals surface area contributed by atoms with Gasteiger partial charge in [0.2, 0.25) is 0 Å². The molecule has 3 N–H and O–H groups in total. The number of nitrogens with zero attached hydrogens (tertiary/aromatic N) is 6. The van der Waals surface area contributed by atoms with Crippen LogP contribution in [-0.4, -0.2) is 68.3 Å². The summed E-state index contributed by atoms with van der Waals surface area (Å²) in [5.41, 5.74) is 5.19. The molecule has 9 nitrogen and oxygen atoms in total. The first-order valence-electron chi connectivity index (χ1n) is 13.1. The molecule has 39 heavy (non-hydrogen) atoms. The highest BCUT2D eigenvalue weighted by Gasteiger charge is 2.21. The van der Waals surface area contributed by atoms with E-state index in [0.29, 0.717) is 27.6 Å². The lowest BCUT2D eigenvalue weighted by atomic mass is 10.1. The van der Waals surface area contributed by atoms with Crippen LogP contribution < -0.4 is 20.8 Å². The lowest BCUT2D eigenvalue weighted by Crippen LogP contribution is -2.44. The zero-order valence-corrected chi connectivity index (χ0v) is 22.8. The number of halogens is 1. The van der Waals surface area contributed by atoms with Crippen molar-refractivity contribution in [1.82, 2.24) is 35.0 Å². The van der Waals surface area contributed by atoms with Crippen LogP contribution in [0.1, 0.15) is 26.3 Å². The Balaban J connectivity index is 1.56. The lowest BCUT2D eigenvalue weighted by molar-refractivity contribution is 0.313. The Bertz CT molecular complexity index is 1660. The number of aromatic amines is 2. The summed E-state index contributed by atoms with van der Waals surface area (Å²) in [6.07, 6.45) is 8.62. The molecular formula is C29H34FN9. The molecule has 0 unspecified atom stereocenters. The van der Waals surface area contributed by atoms with Crippen molar-refractivity contribution in [3.05, 3.63) is 65.8 Å². The van der Waals surface area contributed by atoms with Gasteiger partial charge in [-0.2, -0.15) is 5.10 Å². The number of hydrogen-bond donors (Lipinski definition) is 3. The largest absolute Gasteiger partial charge is 0.366 e. The smallest absolute Gasteiger partial charge is 0.159 e. The van der Waals surface area contributed by atoms with Crippen molar-refractivity contribution in [1.29, 1.82) is 0 Å². The van der Waals surface area contributed by atoms with Crippen molar-refractivity contribution in [2.75, 3.05) is 43.4 Å². The van der Waals surface area contributed by atoms with Crippen molar-refractivity contribution in [2.45, 2.75) is 20.8 Å². The molecule has 0 amide bonds. The molecule has 0 bridgehead atoms. The first kappa shape index (κ1) is 26.3. The summed E-state index contributed by atoms with van der Waals surface area (Å²) in [6, 6.07) is 1.81. The van der Waals surface area contributed by atoms with Crippen LogP contribution >= 0.6 is 0 Å². The zero-order valence-electron chi connectivity index (χ0n) is 22.8. The van der Waals surface area contributed by atoms with E-state index in [1.807, 2.05) is 33.0 Å². The maximum atomic E-state index is 16.2. The molecule has 0 aromatic carbocycles. The zero-order chi connectivity index (χ0) is 27.7. The third kappa shape index (κ3) is 5.20. The molecule has 4 aromatic rings. The molecule has 202 valence electrons. The molecule has 1 fully saturated rings. The standard InChI is InChI=1S/C29H34FN9/c1-7-22-25(26(30)18(4)20-12-21(14-31-13-20)33-19(5)17(2)3)28(37-36-22)29-34-23-15-32-16-24(27(23)35-29)39-10-8-38(6)9-11-39/h7,12-17,33,36H,4-5,8-11H2,1-3,6H3,(H,34,35)/b22-7+,26-25-. The number of likely N-dealkylation sites (N-methyl/N-ethyl adjacent to an activating group) is 1. The quantitative estimate of drug-likeness (QED) is 0.337. The van der Waals surface area contributed by atoms with Crippen LogP contribution in [0, 0.1) is 5.92 Å². The molecule has 0 aliphatic carbocycles. The van der Waals surface area contributed by atoms with E-state index in [1.54, 1.807) is 24.7 Å². The van der Waals surface area contributed by atoms with Crippen LogP contribution in [0.15, 0.2) is 49.7 Å². The van der Waals surface area contributed by atoms with E-state index in [0.717, 1.165) is 54.3 Å². The van der Waals surface area contributed by atoms with Crippen molar-refractivity contribution >= 4 is 39.9 Å². The van der Waals surface area contributed by atoms with Crippen LogP contribution in [0.25, 0.3) is 40.0 Å². The summed E-state index contributed by atoms with van der Waals surface area (Å²) in [5, 5.41) is 11.5. The molecular weight excluding hydrogens is 493 g/mol. The molecule has 5 rings (SSSR count). The van der Waals surface area contributed by atoms with E-state index >= 15 is 4.39 Å². The Morgan fingerprint density at radius 3 is 2.56 bits per heavy atom. The summed E-state index contributed by atoms with van der Waals surface area (Å²) >= 11 is 0. The van der Waals surface area contributed by atoms with Crippen molar-refractivity contribution in [3.8, 4) is 11.5 Å². The van der Waals surface area contributed by atoms with Gasteiger partial charge < -0.3 is 20.1 Å². The van der Waals surface area contributed by atoms with Crippen molar-refractivity contribution in [2.24, 2.45) is 5.92 Å². The maximum absolute atomic E-state index is 16.2. The van der Waals surface area contributed by atoms with Gasteiger partial charge in [0.1, 0.15) is 17.0 Å². The van der Waals surface area contributed by atoms with Crippen LogP contribution in [0.5, 0.6) is 0 Å². The second kappa shape index (κ2) is 10.8. The number of pyridine rings is 2. The predicted octanol–water partition coefficient (Wildman–Crippen LogP) is 3.67. The normalized spacial score (nSPS) is 15.7. The minimum absolute atomic E-state index is 0.197. The summed E-state index contributed by atoms with van der Waals surface area (Å²) in [7, 11) is 2.12. The fraction of sp³-hybridized carbons (Fsp3) is 0.310. The third-order valence-corrected chi connectivity index (χ3v) is 7.10. The average Bonchev–Trinajstić information content (AvgIpc) is 3.57. The summed E-state index contributed by atoms with van der Waals surface area (Å²) in [6.45, 7) is 17.7. The topological polar surface area (TPSA) is 102 Å². The number of H-pyrrole nitrogens is 2. The maximum Gasteiger partial charge on any atom is 0.159 e. The molecule has 0 atom stereocenters. The van der Waals surface area contributed by atoms with Gasteiger partial charge >= 0.3 is 0 Å². The Morgan fingerprint density at radius 2 is 1.85 bits per heavy atom. The molecule has 1 aliphatic heterocycles. The van der Waals surface area contributed by atoms with Crippen molar-refractivity contribution < 1.29 is 4.39 Å². The number of allylic oxidation sites excluding steroid dienone is 2. The number of piperazine rings is 1. The van der Waals surface area contributed by atoms with Crippen LogP contribution in [-0.2, 0) is 0 Å². The lowest BCUT2D eigenvalue weighted by Gasteiger charge is -2.33. The van der Waals surface area contributed by atoms with E-state index in [1.165, 1.54) is 0 Å². The highest BCUT2D eigenvalue weighted by atomic mass is 19.1. The summed E-state index contributed by atoms with van der Waals surface area (Å²) in [4.78, 5) is 21.5. The number of fused-ring (bicyclic) bond motifs is 1. The fourth-order valence-electron chi connectivity index (χ4n) is 4.55. The first-order valence-corrected chi connectivity index (χ1v) is 13.1. The van der Waals surface area contributed by atoms with Gasteiger partial charge in [0.15, 0.2) is 5.82 Å². The van der Waals surface area contributed by atoms with E-state index in [2.05, 4.69) is 60.5 Å². The molecule has 5 heterocycles. The number of nitrogens with one attached hydrogen (secondary N) is 3. The number of anilines is 2. The minimum atomic E-state index is -0.508. The summed E-state index contributed by atoms with van der Waals surface area (Å²) in [5.74, 6) is 0.191. The average molecular weight is 528 g/mol. The van der Waals surface area contributed by atoms with Gasteiger partial charge in [-0.15, -0.1) is 0 Å².